The van der Waals surface area contributed by atoms with Crippen molar-refractivity contribution in [3.05, 3.63) is 77.5 Å². The van der Waals surface area contributed by atoms with Crippen LogP contribution in [0, 0.1) is 5.92 Å². The molecule has 0 aliphatic heterocycles. The maximum atomic E-state index is 12.9. The number of ether oxygens (including phenoxy) is 1. The number of nitrogens with zero attached hydrogens (tertiary/aromatic N) is 1. The summed E-state index contributed by atoms with van der Waals surface area (Å²) >= 11 is 0. The molecule has 1 aliphatic rings. The molecule has 0 radical (unpaired) electrons. The van der Waals surface area contributed by atoms with Crippen LogP contribution in [0.4, 0.5) is 11.5 Å². The minimum absolute atomic E-state index is 0.0595. The average Bonchev–Trinajstić information content (AvgIpc) is 2.78. The van der Waals surface area contributed by atoms with E-state index in [2.05, 4.69) is 34.7 Å². The van der Waals surface area contributed by atoms with Gasteiger partial charge in [0.15, 0.2) is 0 Å². The van der Waals surface area contributed by atoms with Crippen LogP contribution in [0.2, 0.25) is 0 Å². The van der Waals surface area contributed by atoms with Crippen molar-refractivity contribution in [2.24, 2.45) is 5.92 Å². The molecule has 0 bridgehead atoms. The number of amides is 2. The molecule has 164 valence electrons. The zero-order chi connectivity index (χ0) is 22.5. The maximum absolute atomic E-state index is 12.9. The number of hydrogen-bond acceptors (Lipinski definition) is 4. The van der Waals surface area contributed by atoms with E-state index in [0.717, 1.165) is 30.5 Å². The standard InChI is InChI=1S/C26H27N3O3/c1-3-18-5-4-6-22(13-18)29-26(31)20-8-7-19-9-10-23(15-21(19)14-20)32-24-11-12-27-25(16-24)28-17(2)30/h4-6,9-13,15-16,20H,3,7-8,14H2,1-2H3,(H,29,31)(H,27,28,30). The molecule has 1 unspecified atom stereocenters. The van der Waals surface area contributed by atoms with Crippen LogP contribution in [0.3, 0.4) is 0 Å². The fourth-order valence-corrected chi connectivity index (χ4v) is 3.99. The number of benzene rings is 2. The molecule has 6 nitrogen and oxygen atoms in total. The van der Waals surface area contributed by atoms with E-state index in [4.69, 9.17) is 4.74 Å². The van der Waals surface area contributed by atoms with Gasteiger partial charge < -0.3 is 15.4 Å². The van der Waals surface area contributed by atoms with Crippen LogP contribution in [0.25, 0.3) is 0 Å². The second kappa shape index (κ2) is 9.64. The summed E-state index contributed by atoms with van der Waals surface area (Å²) in [5.41, 5.74) is 4.44. The predicted molar refractivity (Wildman–Crippen MR) is 125 cm³/mol. The van der Waals surface area contributed by atoms with Gasteiger partial charge in [-0.3, -0.25) is 9.59 Å². The molecule has 4 rings (SSSR count). The highest BCUT2D eigenvalue weighted by molar-refractivity contribution is 5.93. The van der Waals surface area contributed by atoms with Gasteiger partial charge in [-0.05, 0) is 72.7 Å². The Kier molecular flexibility index (Phi) is 6.50. The molecule has 3 aromatic rings. The van der Waals surface area contributed by atoms with Crippen LogP contribution in [0.5, 0.6) is 11.5 Å². The molecule has 2 N–H and O–H groups in total. The first-order valence-corrected chi connectivity index (χ1v) is 10.9. The average molecular weight is 430 g/mol. The molecule has 32 heavy (non-hydrogen) atoms. The Bertz CT molecular complexity index is 1140. The quantitative estimate of drug-likeness (QED) is 0.569. The number of rotatable bonds is 6. The Morgan fingerprint density at radius 2 is 1.88 bits per heavy atom. The molecule has 1 heterocycles. The van der Waals surface area contributed by atoms with Crippen molar-refractivity contribution in [2.45, 2.75) is 39.5 Å². The second-order valence-electron chi connectivity index (χ2n) is 8.07. The van der Waals surface area contributed by atoms with Crippen LogP contribution in [0.15, 0.2) is 60.8 Å². The van der Waals surface area contributed by atoms with Crippen LogP contribution in [-0.4, -0.2) is 16.8 Å². The number of hydrogen-bond donors (Lipinski definition) is 2. The first-order chi connectivity index (χ1) is 15.5. The van der Waals surface area contributed by atoms with Crippen LogP contribution in [0.1, 0.15) is 37.0 Å². The summed E-state index contributed by atoms with van der Waals surface area (Å²) in [6, 6.07) is 17.4. The van der Waals surface area contributed by atoms with Gasteiger partial charge in [-0.15, -0.1) is 0 Å². The summed E-state index contributed by atoms with van der Waals surface area (Å²) < 4.78 is 5.99. The monoisotopic (exact) mass is 429 g/mol. The third-order valence-electron chi connectivity index (χ3n) is 5.65. The van der Waals surface area contributed by atoms with Crippen molar-refractivity contribution in [3.8, 4) is 11.5 Å². The van der Waals surface area contributed by atoms with Crippen molar-refractivity contribution < 1.29 is 14.3 Å². The molecule has 1 atom stereocenters. The molecule has 1 aromatic heterocycles. The smallest absolute Gasteiger partial charge is 0.227 e. The number of aryl methyl sites for hydroxylation is 2. The Labute approximate surface area is 188 Å². The highest BCUT2D eigenvalue weighted by Crippen LogP contribution is 2.31. The van der Waals surface area contributed by atoms with Gasteiger partial charge in [-0.25, -0.2) is 4.98 Å². The molecule has 1 aliphatic carbocycles. The number of nitrogens with one attached hydrogen (secondary N) is 2. The van der Waals surface area contributed by atoms with E-state index in [-0.39, 0.29) is 17.7 Å². The Hall–Kier alpha value is -3.67. The second-order valence-corrected chi connectivity index (χ2v) is 8.07. The van der Waals surface area contributed by atoms with E-state index < -0.39 is 0 Å². The van der Waals surface area contributed by atoms with Crippen molar-refractivity contribution in [1.29, 1.82) is 0 Å². The minimum atomic E-state index is -0.186. The summed E-state index contributed by atoms with van der Waals surface area (Å²) in [5.74, 6) is 1.52. The van der Waals surface area contributed by atoms with Gasteiger partial charge in [0.1, 0.15) is 17.3 Å². The summed E-state index contributed by atoms with van der Waals surface area (Å²) in [6.45, 7) is 3.54. The third-order valence-corrected chi connectivity index (χ3v) is 5.65. The lowest BCUT2D eigenvalue weighted by molar-refractivity contribution is -0.120. The topological polar surface area (TPSA) is 80.3 Å². The Morgan fingerprint density at radius 1 is 1.03 bits per heavy atom. The van der Waals surface area contributed by atoms with Gasteiger partial charge in [0.05, 0.1) is 0 Å². The maximum Gasteiger partial charge on any atom is 0.227 e. The Morgan fingerprint density at radius 3 is 2.69 bits per heavy atom. The van der Waals surface area contributed by atoms with Crippen molar-refractivity contribution in [1.82, 2.24) is 4.98 Å². The van der Waals surface area contributed by atoms with Crippen molar-refractivity contribution in [3.63, 3.8) is 0 Å². The van der Waals surface area contributed by atoms with Crippen molar-refractivity contribution >= 4 is 23.3 Å². The highest BCUT2D eigenvalue weighted by atomic mass is 16.5. The lowest BCUT2D eigenvalue weighted by atomic mass is 9.83. The van der Waals surface area contributed by atoms with E-state index >= 15 is 0 Å². The zero-order valence-corrected chi connectivity index (χ0v) is 18.4. The first kappa shape index (κ1) is 21.6. The molecular formula is C26H27N3O3. The number of fused-ring (bicyclic) bond motifs is 1. The number of carbonyl (C=O) groups excluding carboxylic acids is 2. The van der Waals surface area contributed by atoms with Gasteiger partial charge in [-0.1, -0.05) is 25.1 Å². The van der Waals surface area contributed by atoms with Gasteiger partial charge in [0.25, 0.3) is 0 Å². The molecule has 0 spiro atoms. The van der Waals surface area contributed by atoms with E-state index in [1.165, 1.54) is 18.1 Å². The van der Waals surface area contributed by atoms with Gasteiger partial charge in [-0.2, -0.15) is 0 Å². The Balaban J connectivity index is 1.44. The number of carbonyl (C=O) groups is 2. The molecule has 2 amide bonds. The third kappa shape index (κ3) is 5.32. The number of aromatic nitrogens is 1. The highest BCUT2D eigenvalue weighted by Gasteiger charge is 2.25. The van der Waals surface area contributed by atoms with Crippen LogP contribution < -0.4 is 15.4 Å². The van der Waals surface area contributed by atoms with Crippen molar-refractivity contribution in [2.75, 3.05) is 10.6 Å². The lowest BCUT2D eigenvalue weighted by Gasteiger charge is -2.24. The zero-order valence-electron chi connectivity index (χ0n) is 18.4. The molecule has 2 aromatic carbocycles. The van der Waals surface area contributed by atoms with Gasteiger partial charge in [0.2, 0.25) is 11.8 Å². The number of pyridine rings is 1. The molecular weight excluding hydrogens is 402 g/mol. The number of anilines is 2. The summed E-state index contributed by atoms with van der Waals surface area (Å²) in [6.07, 6.45) is 4.90. The molecule has 0 fully saturated rings. The van der Waals surface area contributed by atoms with E-state index in [9.17, 15) is 9.59 Å². The minimum Gasteiger partial charge on any atom is -0.457 e. The van der Waals surface area contributed by atoms with E-state index in [0.29, 0.717) is 23.7 Å². The molecule has 0 saturated heterocycles. The largest absolute Gasteiger partial charge is 0.457 e. The van der Waals surface area contributed by atoms with Crippen LogP contribution >= 0.6 is 0 Å². The van der Waals surface area contributed by atoms with Gasteiger partial charge >= 0.3 is 0 Å². The fraction of sp³-hybridized carbons (Fsp3) is 0.269. The molecule has 6 heteroatoms. The SMILES string of the molecule is CCc1cccc(NC(=O)C2CCc3ccc(Oc4ccnc(NC(C)=O)c4)cc3C2)c1. The van der Waals surface area contributed by atoms with Gasteiger partial charge in [0, 0.05) is 30.8 Å². The molecule has 0 saturated carbocycles. The normalized spacial score (nSPS) is 14.9. The first-order valence-electron chi connectivity index (χ1n) is 10.9. The summed E-state index contributed by atoms with van der Waals surface area (Å²) in [5, 5.41) is 5.73. The van der Waals surface area contributed by atoms with Crippen LogP contribution in [-0.2, 0) is 28.9 Å². The summed E-state index contributed by atoms with van der Waals surface area (Å²) in [4.78, 5) is 28.3. The fourth-order valence-electron chi connectivity index (χ4n) is 3.99. The summed E-state index contributed by atoms with van der Waals surface area (Å²) in [7, 11) is 0. The van der Waals surface area contributed by atoms with E-state index in [1.807, 2.05) is 30.3 Å². The lowest BCUT2D eigenvalue weighted by Crippen LogP contribution is -2.28. The predicted octanol–water partition coefficient (Wildman–Crippen LogP) is 5.14. The van der Waals surface area contributed by atoms with E-state index in [1.54, 1.807) is 18.3 Å².